The van der Waals surface area contributed by atoms with E-state index >= 15 is 0 Å². The SMILES string of the molecule is CC.CC(=O)C(c1cc(C)no1)C(C)C. The van der Waals surface area contributed by atoms with Gasteiger partial charge in [-0.15, -0.1) is 0 Å². The van der Waals surface area contributed by atoms with Crippen LogP contribution in [-0.4, -0.2) is 10.9 Å². The Morgan fingerprint density at radius 3 is 2.20 bits per heavy atom. The van der Waals surface area contributed by atoms with Crippen LogP contribution in [0.1, 0.15) is 52.0 Å². The molecular formula is C12H21NO2. The summed E-state index contributed by atoms with van der Waals surface area (Å²) >= 11 is 0. The molecular weight excluding hydrogens is 190 g/mol. The first-order chi connectivity index (χ1) is 7.02. The fraction of sp³-hybridized carbons (Fsp3) is 0.667. The Labute approximate surface area is 91.8 Å². The van der Waals surface area contributed by atoms with Crippen molar-refractivity contribution in [1.29, 1.82) is 0 Å². The number of aryl methyl sites for hydroxylation is 1. The van der Waals surface area contributed by atoms with Crippen LogP contribution < -0.4 is 0 Å². The molecule has 3 nitrogen and oxygen atoms in total. The number of carbonyl (C=O) groups excluding carboxylic acids is 1. The molecule has 0 aliphatic carbocycles. The van der Waals surface area contributed by atoms with Gasteiger partial charge in [-0.05, 0) is 19.8 Å². The molecule has 1 unspecified atom stereocenters. The summed E-state index contributed by atoms with van der Waals surface area (Å²) in [4.78, 5) is 11.3. The number of nitrogens with zero attached hydrogens (tertiary/aromatic N) is 1. The highest BCUT2D eigenvalue weighted by Crippen LogP contribution is 2.25. The van der Waals surface area contributed by atoms with Crippen molar-refractivity contribution in [3.8, 4) is 0 Å². The van der Waals surface area contributed by atoms with Crippen molar-refractivity contribution in [3.05, 3.63) is 17.5 Å². The second kappa shape index (κ2) is 6.38. The zero-order valence-electron chi connectivity index (χ0n) is 10.5. The van der Waals surface area contributed by atoms with Crippen molar-refractivity contribution in [3.63, 3.8) is 0 Å². The fourth-order valence-electron chi connectivity index (χ4n) is 1.53. The molecule has 0 saturated heterocycles. The molecule has 0 amide bonds. The van der Waals surface area contributed by atoms with Crippen LogP contribution in [0.2, 0.25) is 0 Å². The molecule has 0 aliphatic heterocycles. The minimum Gasteiger partial charge on any atom is -0.360 e. The summed E-state index contributed by atoms with van der Waals surface area (Å²) in [7, 11) is 0. The predicted molar refractivity (Wildman–Crippen MR) is 60.8 cm³/mol. The van der Waals surface area contributed by atoms with Crippen LogP contribution in [0.3, 0.4) is 0 Å². The Bertz CT molecular complexity index is 302. The number of ketones is 1. The van der Waals surface area contributed by atoms with Crippen LogP contribution >= 0.6 is 0 Å². The number of rotatable bonds is 3. The van der Waals surface area contributed by atoms with Crippen molar-refractivity contribution < 1.29 is 9.32 Å². The lowest BCUT2D eigenvalue weighted by Crippen LogP contribution is -2.14. The summed E-state index contributed by atoms with van der Waals surface area (Å²) in [5.41, 5.74) is 0.821. The van der Waals surface area contributed by atoms with Crippen LogP contribution in [0, 0.1) is 12.8 Å². The largest absolute Gasteiger partial charge is 0.360 e. The van der Waals surface area contributed by atoms with Crippen LogP contribution in [0.25, 0.3) is 0 Å². The monoisotopic (exact) mass is 211 g/mol. The third-order valence-electron chi connectivity index (χ3n) is 2.06. The van der Waals surface area contributed by atoms with Gasteiger partial charge in [-0.2, -0.15) is 0 Å². The van der Waals surface area contributed by atoms with Crippen LogP contribution in [-0.2, 0) is 4.79 Å². The highest BCUT2D eigenvalue weighted by atomic mass is 16.5. The standard InChI is InChI=1S/C10H15NO2.C2H6/c1-6(2)10(8(4)12)9-5-7(3)11-13-9;1-2/h5-6,10H,1-4H3;1-2H3. The average Bonchev–Trinajstić information content (AvgIpc) is 2.54. The van der Waals surface area contributed by atoms with Crippen molar-refractivity contribution in [2.75, 3.05) is 0 Å². The summed E-state index contributed by atoms with van der Waals surface area (Å²) in [5, 5.41) is 3.78. The van der Waals surface area contributed by atoms with E-state index in [-0.39, 0.29) is 17.6 Å². The van der Waals surface area contributed by atoms with Gasteiger partial charge in [0.15, 0.2) is 0 Å². The van der Waals surface area contributed by atoms with Crippen molar-refractivity contribution in [1.82, 2.24) is 5.16 Å². The van der Waals surface area contributed by atoms with Crippen LogP contribution in [0.15, 0.2) is 10.6 Å². The van der Waals surface area contributed by atoms with E-state index in [1.807, 2.05) is 40.7 Å². The number of aromatic nitrogens is 1. The molecule has 3 heteroatoms. The zero-order valence-corrected chi connectivity index (χ0v) is 10.5. The van der Waals surface area contributed by atoms with E-state index in [9.17, 15) is 4.79 Å². The summed E-state index contributed by atoms with van der Waals surface area (Å²) in [6, 6.07) is 1.83. The minimum absolute atomic E-state index is 0.131. The molecule has 0 saturated carbocycles. The summed E-state index contributed by atoms with van der Waals surface area (Å²) < 4.78 is 5.08. The van der Waals surface area contributed by atoms with Crippen molar-refractivity contribution in [2.24, 2.45) is 5.92 Å². The molecule has 0 aliphatic rings. The average molecular weight is 211 g/mol. The van der Waals surface area contributed by atoms with Crippen LogP contribution in [0.4, 0.5) is 0 Å². The first-order valence-electron chi connectivity index (χ1n) is 5.46. The highest BCUT2D eigenvalue weighted by Gasteiger charge is 2.24. The van der Waals surface area contributed by atoms with Gasteiger partial charge < -0.3 is 4.52 Å². The molecule has 1 rings (SSSR count). The van der Waals surface area contributed by atoms with E-state index in [4.69, 9.17) is 4.52 Å². The Balaban J connectivity index is 0.000000921. The van der Waals surface area contributed by atoms with Gasteiger partial charge in [0, 0.05) is 6.07 Å². The number of carbonyl (C=O) groups is 1. The van der Waals surface area contributed by atoms with E-state index in [0.717, 1.165) is 5.69 Å². The Morgan fingerprint density at radius 2 is 1.93 bits per heavy atom. The first kappa shape index (κ1) is 13.9. The fourth-order valence-corrected chi connectivity index (χ4v) is 1.53. The van der Waals surface area contributed by atoms with E-state index in [0.29, 0.717) is 5.76 Å². The zero-order chi connectivity index (χ0) is 12.0. The maximum Gasteiger partial charge on any atom is 0.147 e. The summed E-state index contributed by atoms with van der Waals surface area (Å²) in [5.74, 6) is 0.914. The second-order valence-electron chi connectivity index (χ2n) is 3.70. The third kappa shape index (κ3) is 3.86. The van der Waals surface area contributed by atoms with Gasteiger partial charge in [0.05, 0.1) is 11.6 Å². The quantitative estimate of drug-likeness (QED) is 0.770. The molecule has 1 aromatic rings. The molecule has 0 N–H and O–H groups in total. The number of hydrogen-bond donors (Lipinski definition) is 0. The lowest BCUT2D eigenvalue weighted by molar-refractivity contribution is -0.119. The molecule has 0 aromatic carbocycles. The molecule has 1 heterocycles. The lowest BCUT2D eigenvalue weighted by atomic mass is 9.90. The summed E-state index contributed by atoms with van der Waals surface area (Å²) in [6.07, 6.45) is 0. The number of hydrogen-bond acceptors (Lipinski definition) is 3. The van der Waals surface area contributed by atoms with Crippen molar-refractivity contribution >= 4 is 5.78 Å². The van der Waals surface area contributed by atoms with E-state index in [1.165, 1.54) is 0 Å². The molecule has 15 heavy (non-hydrogen) atoms. The highest BCUT2D eigenvalue weighted by molar-refractivity contribution is 5.82. The molecule has 0 bridgehead atoms. The minimum atomic E-state index is -0.152. The number of Topliss-reactive ketones (excluding diaryl/α,β-unsaturated/α-hetero) is 1. The van der Waals surface area contributed by atoms with E-state index < -0.39 is 0 Å². The second-order valence-corrected chi connectivity index (χ2v) is 3.70. The van der Waals surface area contributed by atoms with E-state index in [2.05, 4.69) is 5.16 Å². The van der Waals surface area contributed by atoms with Gasteiger partial charge in [0.25, 0.3) is 0 Å². The lowest BCUT2D eigenvalue weighted by Gasteiger charge is -2.13. The van der Waals surface area contributed by atoms with Crippen LogP contribution in [0.5, 0.6) is 0 Å². The van der Waals surface area contributed by atoms with Gasteiger partial charge >= 0.3 is 0 Å². The van der Waals surface area contributed by atoms with Gasteiger partial charge in [-0.3, -0.25) is 4.79 Å². The maximum absolute atomic E-state index is 11.3. The molecule has 86 valence electrons. The normalized spacial score (nSPS) is 11.9. The topological polar surface area (TPSA) is 43.1 Å². The molecule has 0 fully saturated rings. The first-order valence-corrected chi connectivity index (χ1v) is 5.46. The van der Waals surface area contributed by atoms with Gasteiger partial charge in [-0.25, -0.2) is 0 Å². The Hall–Kier alpha value is -1.12. The Kier molecular flexibility index (Phi) is 5.90. The summed E-state index contributed by atoms with van der Waals surface area (Å²) in [6.45, 7) is 11.4. The van der Waals surface area contributed by atoms with Gasteiger partial charge in [0.1, 0.15) is 11.5 Å². The molecule has 0 radical (unpaired) electrons. The van der Waals surface area contributed by atoms with E-state index in [1.54, 1.807) is 6.92 Å². The molecule has 1 atom stereocenters. The predicted octanol–water partition coefficient (Wildman–Crippen LogP) is 3.34. The molecule has 0 spiro atoms. The van der Waals surface area contributed by atoms with Gasteiger partial charge in [-0.1, -0.05) is 32.9 Å². The smallest absolute Gasteiger partial charge is 0.147 e. The Morgan fingerprint density at radius 1 is 1.40 bits per heavy atom. The third-order valence-corrected chi connectivity index (χ3v) is 2.06. The molecule has 1 aromatic heterocycles. The maximum atomic E-state index is 11.3. The van der Waals surface area contributed by atoms with Gasteiger partial charge in [0.2, 0.25) is 0 Å². The van der Waals surface area contributed by atoms with Crippen molar-refractivity contribution in [2.45, 2.75) is 47.5 Å².